The Labute approximate surface area is 150 Å². The molecule has 0 aliphatic carbocycles. The Kier molecular flexibility index (Phi) is 6.80. The summed E-state index contributed by atoms with van der Waals surface area (Å²) < 4.78 is 6.27. The first-order valence-corrected chi connectivity index (χ1v) is 15.0. The Morgan fingerprint density at radius 2 is 1.83 bits per heavy atom. The van der Waals surface area contributed by atoms with Crippen LogP contribution in [0.15, 0.2) is 23.9 Å². The van der Waals surface area contributed by atoms with Gasteiger partial charge in [0.15, 0.2) is 8.32 Å². The molecule has 1 aromatic heterocycles. The average Bonchev–Trinajstić information content (AvgIpc) is 2.41. The SMILES string of the molecule is C/C(=C\c1cc(C#C[Si](C)(C)C)ccn1)CO[Si](C)(C)C(C)(C)C. The summed E-state index contributed by atoms with van der Waals surface area (Å²) in [6.45, 7) is 20.9. The predicted octanol–water partition coefficient (Wildman–Crippen LogP) is 5.74. The lowest BCUT2D eigenvalue weighted by molar-refractivity contribution is 0.319. The van der Waals surface area contributed by atoms with Gasteiger partial charge in [-0.05, 0) is 48.8 Å². The van der Waals surface area contributed by atoms with Crippen molar-refractivity contribution in [3.63, 3.8) is 0 Å². The van der Waals surface area contributed by atoms with Crippen LogP contribution in [0.2, 0.25) is 37.8 Å². The molecule has 1 aromatic rings. The highest BCUT2D eigenvalue weighted by Crippen LogP contribution is 2.36. The quantitative estimate of drug-likeness (QED) is 0.505. The molecule has 0 radical (unpaired) electrons. The van der Waals surface area contributed by atoms with E-state index in [2.05, 4.69) is 89.0 Å². The fraction of sp³-hybridized carbons (Fsp3) is 0.550. The number of rotatable bonds is 4. The van der Waals surface area contributed by atoms with Gasteiger partial charge in [-0.15, -0.1) is 5.54 Å². The molecule has 4 heteroatoms. The fourth-order valence-electron chi connectivity index (χ4n) is 1.67. The zero-order valence-electron chi connectivity index (χ0n) is 16.9. The van der Waals surface area contributed by atoms with E-state index in [-0.39, 0.29) is 5.04 Å². The van der Waals surface area contributed by atoms with Crippen LogP contribution in [0, 0.1) is 11.5 Å². The van der Waals surface area contributed by atoms with Gasteiger partial charge >= 0.3 is 0 Å². The number of nitrogens with zero attached hydrogens (tertiary/aromatic N) is 1. The van der Waals surface area contributed by atoms with E-state index in [1.165, 1.54) is 5.57 Å². The highest BCUT2D eigenvalue weighted by Gasteiger charge is 2.36. The first kappa shape index (κ1) is 20.9. The standard InChI is InChI=1S/C20H33NOSi2/c1-17(16-22-24(8,9)20(2,3)4)14-19-15-18(10-12-21-19)11-13-23(5,6)7/h10,12,14-15H,16H2,1-9H3/b17-14+. The number of hydrogen-bond donors (Lipinski definition) is 0. The third kappa shape index (κ3) is 7.17. The minimum Gasteiger partial charge on any atom is -0.413 e. The highest BCUT2D eigenvalue weighted by molar-refractivity contribution is 6.83. The molecule has 0 fully saturated rings. The molecule has 0 saturated heterocycles. The molecule has 0 spiro atoms. The smallest absolute Gasteiger partial charge is 0.192 e. The first-order valence-electron chi connectivity index (χ1n) is 8.60. The molecule has 0 N–H and O–H groups in total. The minimum absolute atomic E-state index is 0.234. The van der Waals surface area contributed by atoms with E-state index >= 15 is 0 Å². The second kappa shape index (κ2) is 7.82. The summed E-state index contributed by atoms with van der Waals surface area (Å²) in [5.74, 6) is 3.29. The molecule has 0 saturated carbocycles. The maximum atomic E-state index is 6.27. The van der Waals surface area contributed by atoms with Crippen molar-refractivity contribution in [2.75, 3.05) is 6.61 Å². The summed E-state index contributed by atoms with van der Waals surface area (Å²) in [5.41, 5.74) is 6.59. The molecule has 0 bridgehead atoms. The zero-order chi connectivity index (χ0) is 18.6. The topological polar surface area (TPSA) is 22.1 Å². The van der Waals surface area contributed by atoms with Crippen LogP contribution in [0.25, 0.3) is 6.08 Å². The molecule has 2 nitrogen and oxygen atoms in total. The van der Waals surface area contributed by atoms with Gasteiger partial charge in [0.05, 0.1) is 12.3 Å². The molecular formula is C20H33NOSi2. The van der Waals surface area contributed by atoms with E-state index in [4.69, 9.17) is 4.43 Å². The van der Waals surface area contributed by atoms with Crippen LogP contribution in [0.5, 0.6) is 0 Å². The van der Waals surface area contributed by atoms with Crippen LogP contribution in [0.4, 0.5) is 0 Å². The van der Waals surface area contributed by atoms with Gasteiger partial charge in [-0.2, -0.15) is 0 Å². The van der Waals surface area contributed by atoms with E-state index < -0.39 is 16.4 Å². The van der Waals surface area contributed by atoms with Gasteiger partial charge in [-0.3, -0.25) is 4.98 Å². The number of pyridine rings is 1. The zero-order valence-corrected chi connectivity index (χ0v) is 18.9. The summed E-state index contributed by atoms with van der Waals surface area (Å²) in [6.07, 6.45) is 3.94. The Bertz CT molecular complexity index is 653. The van der Waals surface area contributed by atoms with Crippen LogP contribution in [-0.4, -0.2) is 28.0 Å². The van der Waals surface area contributed by atoms with Gasteiger partial charge < -0.3 is 4.43 Å². The van der Waals surface area contributed by atoms with E-state index in [1.54, 1.807) is 0 Å². The van der Waals surface area contributed by atoms with Gasteiger partial charge in [0, 0.05) is 11.8 Å². The Balaban J connectivity index is 2.84. The van der Waals surface area contributed by atoms with Crippen molar-refractivity contribution in [3.05, 3.63) is 35.2 Å². The Morgan fingerprint density at radius 1 is 1.21 bits per heavy atom. The molecule has 24 heavy (non-hydrogen) atoms. The van der Waals surface area contributed by atoms with Crippen LogP contribution >= 0.6 is 0 Å². The summed E-state index contributed by atoms with van der Waals surface area (Å²) in [7, 11) is -3.06. The predicted molar refractivity (Wildman–Crippen MR) is 111 cm³/mol. The maximum absolute atomic E-state index is 6.27. The van der Waals surface area contributed by atoms with Crippen molar-refractivity contribution in [2.24, 2.45) is 0 Å². The van der Waals surface area contributed by atoms with Crippen LogP contribution in [0.3, 0.4) is 0 Å². The summed E-state index contributed by atoms with van der Waals surface area (Å²) in [4.78, 5) is 4.44. The van der Waals surface area contributed by atoms with Crippen molar-refractivity contribution in [3.8, 4) is 11.5 Å². The lowest BCUT2D eigenvalue weighted by Gasteiger charge is -2.36. The monoisotopic (exact) mass is 359 g/mol. The third-order valence-corrected chi connectivity index (χ3v) is 9.58. The Morgan fingerprint density at radius 3 is 2.38 bits per heavy atom. The van der Waals surface area contributed by atoms with Crippen LogP contribution in [-0.2, 0) is 4.43 Å². The molecule has 0 atom stereocenters. The molecular weight excluding hydrogens is 326 g/mol. The molecule has 1 heterocycles. The summed E-state index contributed by atoms with van der Waals surface area (Å²) in [5, 5.41) is 0.234. The second-order valence-electron chi connectivity index (χ2n) is 9.01. The van der Waals surface area contributed by atoms with Crippen molar-refractivity contribution in [1.29, 1.82) is 0 Å². The molecule has 0 unspecified atom stereocenters. The summed E-state index contributed by atoms with van der Waals surface area (Å²) in [6, 6.07) is 4.04. The van der Waals surface area contributed by atoms with E-state index in [0.717, 1.165) is 11.3 Å². The first-order chi connectivity index (χ1) is 10.8. The van der Waals surface area contributed by atoms with Crippen LogP contribution < -0.4 is 0 Å². The van der Waals surface area contributed by atoms with Gasteiger partial charge in [-0.25, -0.2) is 0 Å². The fourth-order valence-corrected chi connectivity index (χ4v) is 3.21. The van der Waals surface area contributed by atoms with Crippen molar-refractivity contribution in [2.45, 2.75) is 65.5 Å². The second-order valence-corrected chi connectivity index (χ2v) is 18.6. The van der Waals surface area contributed by atoms with E-state index in [0.29, 0.717) is 6.61 Å². The number of aromatic nitrogens is 1. The minimum atomic E-state index is -1.71. The Hall–Kier alpha value is -1.16. The largest absolute Gasteiger partial charge is 0.413 e. The molecule has 0 aromatic carbocycles. The van der Waals surface area contributed by atoms with Crippen molar-refractivity contribution < 1.29 is 4.43 Å². The van der Waals surface area contributed by atoms with Gasteiger partial charge in [0.1, 0.15) is 8.07 Å². The highest BCUT2D eigenvalue weighted by atomic mass is 28.4. The summed E-state index contributed by atoms with van der Waals surface area (Å²) >= 11 is 0. The normalized spacial score (nSPS) is 13.5. The third-order valence-electron chi connectivity index (χ3n) is 4.22. The van der Waals surface area contributed by atoms with Crippen molar-refractivity contribution >= 4 is 22.5 Å². The molecule has 0 amide bonds. The van der Waals surface area contributed by atoms with Crippen molar-refractivity contribution in [1.82, 2.24) is 4.98 Å². The lowest BCUT2D eigenvalue weighted by Crippen LogP contribution is -2.41. The van der Waals surface area contributed by atoms with Crippen LogP contribution in [0.1, 0.15) is 39.0 Å². The maximum Gasteiger partial charge on any atom is 0.192 e. The number of hydrogen-bond acceptors (Lipinski definition) is 2. The van der Waals surface area contributed by atoms with Gasteiger partial charge in [0.25, 0.3) is 0 Å². The lowest BCUT2D eigenvalue weighted by atomic mass is 10.2. The van der Waals surface area contributed by atoms with E-state index in [1.807, 2.05) is 12.3 Å². The van der Waals surface area contributed by atoms with Gasteiger partial charge in [-0.1, -0.05) is 46.3 Å². The molecule has 0 aliphatic heterocycles. The van der Waals surface area contributed by atoms with Gasteiger partial charge in [0.2, 0.25) is 0 Å². The van der Waals surface area contributed by atoms with E-state index in [9.17, 15) is 0 Å². The average molecular weight is 360 g/mol. The molecule has 0 aliphatic rings. The molecule has 132 valence electrons. The molecule has 1 rings (SSSR count).